The Morgan fingerprint density at radius 1 is 1.25 bits per heavy atom. The van der Waals surface area contributed by atoms with Crippen LogP contribution in [0.25, 0.3) is 0 Å². The van der Waals surface area contributed by atoms with Crippen molar-refractivity contribution in [1.82, 2.24) is 15.1 Å². The van der Waals surface area contributed by atoms with Gasteiger partial charge in [0.2, 0.25) is 5.91 Å². The molecule has 1 aromatic carbocycles. The predicted octanol–water partition coefficient (Wildman–Crippen LogP) is 2.23. The third-order valence-corrected chi connectivity index (χ3v) is 5.94. The summed E-state index contributed by atoms with van der Waals surface area (Å²) in [6.07, 6.45) is 4.54. The molecule has 1 aliphatic carbocycles. The molecule has 1 amide bonds. The summed E-state index contributed by atoms with van der Waals surface area (Å²) in [6, 6.07) is 6.66. The summed E-state index contributed by atoms with van der Waals surface area (Å²) >= 11 is 0. The number of piperidine rings is 1. The van der Waals surface area contributed by atoms with Crippen LogP contribution < -0.4 is 5.32 Å². The normalized spacial score (nSPS) is 25.3. The molecule has 1 aliphatic heterocycles. The fraction of sp³-hybridized carbons (Fsp3) is 0.619. The van der Waals surface area contributed by atoms with Crippen LogP contribution in [0.3, 0.4) is 0 Å². The van der Waals surface area contributed by atoms with E-state index in [0.29, 0.717) is 13.1 Å². The Kier molecular flexibility index (Phi) is 7.02. The first-order chi connectivity index (χ1) is 13.5. The van der Waals surface area contributed by atoms with Crippen molar-refractivity contribution >= 4 is 11.9 Å². The molecule has 2 N–H and O–H groups in total. The molecule has 0 aromatic heterocycles. The Morgan fingerprint density at radius 2 is 1.96 bits per heavy atom. The molecule has 1 atom stereocenters. The maximum absolute atomic E-state index is 13.1. The van der Waals surface area contributed by atoms with E-state index in [1.165, 1.54) is 12.1 Å². The number of hydrogen-bond acceptors (Lipinski definition) is 4. The lowest BCUT2D eigenvalue weighted by molar-refractivity contribution is -0.140. The number of nitrogens with one attached hydrogen (secondary N) is 1. The van der Waals surface area contributed by atoms with E-state index in [-0.39, 0.29) is 36.4 Å². The minimum absolute atomic E-state index is 0.0515. The second kappa shape index (κ2) is 9.47. The molecule has 1 saturated carbocycles. The molecular weight excluding hydrogens is 361 g/mol. The van der Waals surface area contributed by atoms with E-state index in [4.69, 9.17) is 5.11 Å². The monoisotopic (exact) mass is 391 g/mol. The van der Waals surface area contributed by atoms with E-state index >= 15 is 0 Å². The van der Waals surface area contributed by atoms with Gasteiger partial charge in [-0.3, -0.25) is 19.4 Å². The number of carbonyl (C=O) groups excluding carboxylic acids is 1. The quantitative estimate of drug-likeness (QED) is 0.711. The molecule has 2 fully saturated rings. The highest BCUT2D eigenvalue weighted by Crippen LogP contribution is 2.27. The van der Waals surface area contributed by atoms with Gasteiger partial charge in [-0.25, -0.2) is 4.39 Å². The number of benzene rings is 1. The summed E-state index contributed by atoms with van der Waals surface area (Å²) < 4.78 is 13.1. The van der Waals surface area contributed by atoms with Crippen LogP contribution in [-0.4, -0.2) is 64.5 Å². The first kappa shape index (κ1) is 20.7. The molecule has 1 saturated heterocycles. The fourth-order valence-electron chi connectivity index (χ4n) is 4.28. The van der Waals surface area contributed by atoms with Gasteiger partial charge in [0.1, 0.15) is 5.82 Å². The maximum Gasteiger partial charge on any atom is 0.317 e. The third kappa shape index (κ3) is 5.29. The number of likely N-dealkylation sites (N-methyl/N-ethyl adjacent to an activating group) is 1. The number of carboxylic acids is 1. The number of aliphatic carboxylic acids is 1. The largest absolute Gasteiger partial charge is 0.480 e. The molecule has 1 unspecified atom stereocenters. The Balaban J connectivity index is 1.51. The van der Waals surface area contributed by atoms with Gasteiger partial charge in [-0.1, -0.05) is 25.5 Å². The van der Waals surface area contributed by atoms with Gasteiger partial charge in [0.25, 0.3) is 0 Å². The van der Waals surface area contributed by atoms with Gasteiger partial charge >= 0.3 is 5.97 Å². The summed E-state index contributed by atoms with van der Waals surface area (Å²) in [7, 11) is 0. The van der Waals surface area contributed by atoms with Crippen molar-refractivity contribution < 1.29 is 19.1 Å². The Labute approximate surface area is 165 Å². The number of halogens is 1. The van der Waals surface area contributed by atoms with E-state index in [1.807, 2.05) is 11.8 Å². The van der Waals surface area contributed by atoms with Gasteiger partial charge in [0.15, 0.2) is 0 Å². The van der Waals surface area contributed by atoms with Crippen LogP contribution in [0, 0.1) is 5.82 Å². The van der Waals surface area contributed by atoms with Crippen LogP contribution in [0.1, 0.15) is 44.6 Å². The number of carboxylic acid groups (broad SMARTS) is 1. The predicted molar refractivity (Wildman–Crippen MR) is 104 cm³/mol. The molecule has 7 heteroatoms. The van der Waals surface area contributed by atoms with E-state index in [0.717, 1.165) is 44.2 Å². The van der Waals surface area contributed by atoms with Crippen LogP contribution in [0.4, 0.5) is 4.39 Å². The molecule has 6 nitrogen and oxygen atoms in total. The Hall–Kier alpha value is -1.99. The summed E-state index contributed by atoms with van der Waals surface area (Å²) in [5, 5.41) is 12.2. The van der Waals surface area contributed by atoms with E-state index in [1.54, 1.807) is 12.1 Å². The highest BCUT2D eigenvalue weighted by molar-refractivity contribution is 5.82. The van der Waals surface area contributed by atoms with Crippen molar-refractivity contribution in [3.63, 3.8) is 0 Å². The van der Waals surface area contributed by atoms with Gasteiger partial charge in [0, 0.05) is 18.6 Å². The highest BCUT2D eigenvalue weighted by atomic mass is 19.1. The molecule has 0 bridgehead atoms. The van der Waals surface area contributed by atoms with Crippen LogP contribution in [-0.2, 0) is 16.1 Å². The van der Waals surface area contributed by atoms with Gasteiger partial charge < -0.3 is 10.4 Å². The second-order valence-corrected chi connectivity index (χ2v) is 7.90. The lowest BCUT2D eigenvalue weighted by Gasteiger charge is -2.43. The van der Waals surface area contributed by atoms with Crippen molar-refractivity contribution in [3.05, 3.63) is 35.6 Å². The van der Waals surface area contributed by atoms with Gasteiger partial charge in [-0.15, -0.1) is 0 Å². The van der Waals surface area contributed by atoms with Crippen LogP contribution in [0.2, 0.25) is 0 Å². The van der Waals surface area contributed by atoms with Crippen molar-refractivity contribution in [2.45, 2.75) is 63.7 Å². The van der Waals surface area contributed by atoms with Crippen molar-refractivity contribution in [2.24, 2.45) is 0 Å². The third-order valence-electron chi connectivity index (χ3n) is 5.94. The smallest absolute Gasteiger partial charge is 0.317 e. The van der Waals surface area contributed by atoms with E-state index < -0.39 is 5.97 Å². The summed E-state index contributed by atoms with van der Waals surface area (Å²) in [6.45, 7) is 4.23. The number of carbonyl (C=O) groups is 2. The number of likely N-dealkylation sites (tertiary alicyclic amines) is 1. The highest BCUT2D eigenvalue weighted by Gasteiger charge is 2.37. The fourth-order valence-corrected chi connectivity index (χ4v) is 4.28. The van der Waals surface area contributed by atoms with Crippen LogP contribution in [0.5, 0.6) is 0 Å². The summed E-state index contributed by atoms with van der Waals surface area (Å²) in [5.74, 6) is -1.00. The zero-order valence-corrected chi connectivity index (χ0v) is 16.4. The maximum atomic E-state index is 13.1. The second-order valence-electron chi connectivity index (χ2n) is 7.90. The summed E-state index contributed by atoms with van der Waals surface area (Å²) in [4.78, 5) is 27.9. The SMILES string of the molecule is CCN(CC(=O)O)C1CC(NC(=O)C2CCCCN2Cc2ccc(F)cc2)C1. The Bertz CT molecular complexity index is 676. The minimum atomic E-state index is -0.812. The number of nitrogens with zero attached hydrogens (tertiary/aromatic N) is 2. The van der Waals surface area contributed by atoms with E-state index in [9.17, 15) is 14.0 Å². The zero-order chi connectivity index (χ0) is 20.1. The molecular formula is C21H30FN3O3. The number of amides is 1. The Morgan fingerprint density at radius 3 is 2.61 bits per heavy atom. The summed E-state index contributed by atoms with van der Waals surface area (Å²) in [5.41, 5.74) is 1.01. The first-order valence-electron chi connectivity index (χ1n) is 10.2. The van der Waals surface area contributed by atoms with Crippen molar-refractivity contribution in [3.8, 4) is 0 Å². The minimum Gasteiger partial charge on any atom is -0.480 e. The molecule has 2 aliphatic rings. The van der Waals surface area contributed by atoms with Crippen LogP contribution >= 0.6 is 0 Å². The zero-order valence-electron chi connectivity index (χ0n) is 16.4. The molecule has 0 radical (unpaired) electrons. The van der Waals surface area contributed by atoms with Crippen molar-refractivity contribution in [2.75, 3.05) is 19.6 Å². The lowest BCUT2D eigenvalue weighted by Crippen LogP contribution is -2.58. The first-order valence-corrected chi connectivity index (χ1v) is 10.2. The van der Waals surface area contributed by atoms with Crippen molar-refractivity contribution in [1.29, 1.82) is 0 Å². The topological polar surface area (TPSA) is 72.9 Å². The van der Waals surface area contributed by atoms with Gasteiger partial charge in [-0.05, 0) is 56.5 Å². The standard InChI is InChI=1S/C21H30FN3O3/c1-2-24(14-20(26)27)18-11-17(12-18)23-21(28)19-5-3-4-10-25(19)13-15-6-8-16(22)9-7-15/h6-9,17-19H,2-5,10-14H2,1H3,(H,23,28)(H,26,27). The average Bonchev–Trinajstić information content (AvgIpc) is 2.64. The molecule has 1 aromatic rings. The van der Waals surface area contributed by atoms with Gasteiger partial charge in [-0.2, -0.15) is 0 Å². The molecule has 0 spiro atoms. The lowest BCUT2D eigenvalue weighted by atomic mass is 9.85. The molecule has 1 heterocycles. The molecule has 154 valence electrons. The average molecular weight is 391 g/mol. The molecule has 28 heavy (non-hydrogen) atoms. The van der Waals surface area contributed by atoms with E-state index in [2.05, 4.69) is 10.2 Å². The van der Waals surface area contributed by atoms with Gasteiger partial charge in [0.05, 0.1) is 12.6 Å². The molecule has 3 rings (SSSR count). The number of hydrogen-bond donors (Lipinski definition) is 2. The number of rotatable bonds is 8. The van der Waals surface area contributed by atoms with Crippen LogP contribution in [0.15, 0.2) is 24.3 Å².